The number of benzene rings is 2. The Kier molecular flexibility index (Phi) is 4.71. The van der Waals surface area contributed by atoms with Crippen LogP contribution in [0.25, 0.3) is 10.9 Å². The van der Waals surface area contributed by atoms with Gasteiger partial charge in [0.15, 0.2) is 0 Å². The second-order valence-electron chi connectivity index (χ2n) is 4.81. The summed E-state index contributed by atoms with van der Waals surface area (Å²) in [6.45, 7) is 2.14. The molecule has 0 atom stereocenters. The molecular weight excluding hydrogens is 405 g/mol. The average molecular weight is 419 g/mol. The Balaban J connectivity index is 1.95. The molecule has 1 N–H and O–H groups in total. The number of carbonyl (C=O) groups is 1. The van der Waals surface area contributed by atoms with Gasteiger partial charge in [0.2, 0.25) is 0 Å². The van der Waals surface area contributed by atoms with Crippen LogP contribution in [0.2, 0.25) is 0 Å². The van der Waals surface area contributed by atoms with Crippen molar-refractivity contribution in [1.82, 2.24) is 9.97 Å². The highest BCUT2D eigenvalue weighted by Crippen LogP contribution is 2.25. The number of carbonyl (C=O) groups excluding carboxylic acids is 1. The number of rotatable bonds is 4. The lowest BCUT2D eigenvalue weighted by atomic mass is 10.2. The summed E-state index contributed by atoms with van der Waals surface area (Å²) in [5, 5.41) is 4.18. The fourth-order valence-corrected chi connectivity index (χ4v) is 2.69. The molecule has 0 spiro atoms. The second-order valence-corrected chi connectivity index (χ2v) is 6.06. The lowest BCUT2D eigenvalue weighted by molar-refractivity contribution is 0.0526. The Labute approximate surface area is 147 Å². The number of aromatic nitrogens is 2. The van der Waals surface area contributed by atoms with Crippen LogP contribution in [0.15, 0.2) is 48.8 Å². The van der Waals surface area contributed by atoms with Gasteiger partial charge < -0.3 is 10.1 Å². The maximum Gasteiger partial charge on any atom is 0.338 e. The topological polar surface area (TPSA) is 64.1 Å². The van der Waals surface area contributed by atoms with Gasteiger partial charge in [-0.3, -0.25) is 0 Å². The van der Waals surface area contributed by atoms with Crippen LogP contribution >= 0.6 is 22.6 Å². The van der Waals surface area contributed by atoms with E-state index in [1.165, 1.54) is 6.33 Å². The number of hydrogen-bond donors (Lipinski definition) is 1. The normalized spacial score (nSPS) is 10.5. The molecule has 0 aliphatic carbocycles. The third kappa shape index (κ3) is 3.58. The lowest BCUT2D eigenvalue weighted by Gasteiger charge is -2.10. The van der Waals surface area contributed by atoms with Crippen LogP contribution in [-0.2, 0) is 4.74 Å². The summed E-state index contributed by atoms with van der Waals surface area (Å²) in [6, 6.07) is 13.1. The van der Waals surface area contributed by atoms with Gasteiger partial charge in [0.1, 0.15) is 12.1 Å². The Morgan fingerprint density at radius 2 is 2.09 bits per heavy atom. The van der Waals surface area contributed by atoms with Crippen molar-refractivity contribution < 1.29 is 9.53 Å². The predicted molar refractivity (Wildman–Crippen MR) is 97.9 cm³/mol. The van der Waals surface area contributed by atoms with Gasteiger partial charge in [0, 0.05) is 14.6 Å². The minimum atomic E-state index is -0.335. The highest BCUT2D eigenvalue weighted by atomic mass is 127. The van der Waals surface area contributed by atoms with Crippen LogP contribution < -0.4 is 5.32 Å². The smallest absolute Gasteiger partial charge is 0.338 e. The molecule has 0 bridgehead atoms. The number of hydrogen-bond acceptors (Lipinski definition) is 5. The van der Waals surface area contributed by atoms with Gasteiger partial charge in [-0.15, -0.1) is 0 Å². The van der Waals surface area contributed by atoms with E-state index < -0.39 is 0 Å². The number of esters is 1. The van der Waals surface area contributed by atoms with E-state index >= 15 is 0 Å². The van der Waals surface area contributed by atoms with E-state index in [1.54, 1.807) is 19.1 Å². The van der Waals surface area contributed by atoms with Crippen molar-refractivity contribution in [2.24, 2.45) is 0 Å². The minimum Gasteiger partial charge on any atom is -0.462 e. The number of nitrogens with one attached hydrogen (secondary N) is 1. The average Bonchev–Trinajstić information content (AvgIpc) is 2.56. The van der Waals surface area contributed by atoms with Gasteiger partial charge in [-0.25, -0.2) is 14.8 Å². The van der Waals surface area contributed by atoms with Crippen LogP contribution in [-0.4, -0.2) is 22.5 Å². The molecule has 0 aliphatic rings. The molecule has 0 amide bonds. The number of ether oxygens (including phenoxy) is 1. The molecule has 0 fully saturated rings. The summed E-state index contributed by atoms with van der Waals surface area (Å²) in [7, 11) is 0. The molecule has 0 saturated carbocycles. The molecule has 23 heavy (non-hydrogen) atoms. The molecule has 0 unspecified atom stereocenters. The Morgan fingerprint density at radius 3 is 2.91 bits per heavy atom. The zero-order valence-corrected chi connectivity index (χ0v) is 14.6. The maximum absolute atomic E-state index is 11.8. The van der Waals surface area contributed by atoms with Gasteiger partial charge in [0.25, 0.3) is 0 Å². The predicted octanol–water partition coefficient (Wildman–Crippen LogP) is 4.15. The number of fused-ring (bicyclic) bond motifs is 1. The highest BCUT2D eigenvalue weighted by molar-refractivity contribution is 14.1. The van der Waals surface area contributed by atoms with E-state index in [4.69, 9.17) is 4.74 Å². The van der Waals surface area contributed by atoms with E-state index in [0.29, 0.717) is 18.0 Å². The molecule has 3 aromatic rings. The van der Waals surface area contributed by atoms with E-state index in [-0.39, 0.29) is 5.97 Å². The molecular formula is C17H14IN3O2. The molecule has 1 heterocycles. The van der Waals surface area contributed by atoms with Crippen molar-refractivity contribution in [3.05, 3.63) is 57.9 Å². The third-order valence-electron chi connectivity index (χ3n) is 3.23. The minimum absolute atomic E-state index is 0.335. The summed E-state index contributed by atoms with van der Waals surface area (Å²) in [6.07, 6.45) is 1.52. The SMILES string of the molecule is CCOC(=O)c1cccc(Nc2ncnc3ccc(I)cc23)c1. The van der Waals surface area contributed by atoms with Gasteiger partial charge in [-0.2, -0.15) is 0 Å². The molecule has 1 aromatic heterocycles. The van der Waals surface area contributed by atoms with E-state index in [1.807, 2.05) is 30.3 Å². The number of halogens is 1. The Bertz CT molecular complexity index is 867. The Morgan fingerprint density at radius 1 is 1.22 bits per heavy atom. The van der Waals surface area contributed by atoms with Gasteiger partial charge >= 0.3 is 5.97 Å². The Hall–Kier alpha value is -2.22. The number of anilines is 2. The zero-order valence-electron chi connectivity index (χ0n) is 12.4. The maximum atomic E-state index is 11.8. The molecule has 6 heteroatoms. The molecule has 2 aromatic carbocycles. The van der Waals surface area contributed by atoms with Gasteiger partial charge in [0.05, 0.1) is 17.7 Å². The first-order chi connectivity index (χ1) is 11.2. The van der Waals surface area contributed by atoms with Gasteiger partial charge in [-0.1, -0.05) is 6.07 Å². The van der Waals surface area contributed by atoms with Crippen LogP contribution in [0, 0.1) is 3.57 Å². The summed E-state index contributed by atoms with van der Waals surface area (Å²) in [5.74, 6) is 0.368. The fraction of sp³-hybridized carbons (Fsp3) is 0.118. The molecule has 3 rings (SSSR count). The second kappa shape index (κ2) is 6.91. The summed E-state index contributed by atoms with van der Waals surface area (Å²) < 4.78 is 6.13. The first-order valence-electron chi connectivity index (χ1n) is 7.12. The summed E-state index contributed by atoms with van der Waals surface area (Å²) in [5.41, 5.74) is 2.14. The molecule has 0 saturated heterocycles. The largest absolute Gasteiger partial charge is 0.462 e. The van der Waals surface area contributed by atoms with Crippen molar-refractivity contribution in [2.75, 3.05) is 11.9 Å². The van der Waals surface area contributed by atoms with Crippen molar-refractivity contribution >= 4 is 51.0 Å². The summed E-state index contributed by atoms with van der Waals surface area (Å²) in [4.78, 5) is 20.4. The fourth-order valence-electron chi connectivity index (χ4n) is 2.20. The molecule has 0 radical (unpaired) electrons. The van der Waals surface area contributed by atoms with Crippen LogP contribution in [0.1, 0.15) is 17.3 Å². The first-order valence-corrected chi connectivity index (χ1v) is 8.19. The lowest BCUT2D eigenvalue weighted by Crippen LogP contribution is -2.05. The molecule has 0 aliphatic heterocycles. The quantitative estimate of drug-likeness (QED) is 0.509. The van der Waals surface area contributed by atoms with Crippen molar-refractivity contribution in [1.29, 1.82) is 0 Å². The summed E-state index contributed by atoms with van der Waals surface area (Å²) >= 11 is 2.25. The zero-order chi connectivity index (χ0) is 16.2. The number of nitrogens with zero attached hydrogens (tertiary/aromatic N) is 2. The first kappa shape index (κ1) is 15.7. The van der Waals surface area contributed by atoms with E-state index in [9.17, 15) is 4.79 Å². The van der Waals surface area contributed by atoms with Crippen molar-refractivity contribution in [3.8, 4) is 0 Å². The van der Waals surface area contributed by atoms with Crippen LogP contribution in [0.4, 0.5) is 11.5 Å². The molecule has 116 valence electrons. The van der Waals surface area contributed by atoms with Crippen molar-refractivity contribution in [2.45, 2.75) is 6.92 Å². The monoisotopic (exact) mass is 419 g/mol. The standard InChI is InChI=1S/C17H14IN3O2/c1-2-23-17(22)11-4-3-5-13(8-11)21-16-14-9-12(18)6-7-15(14)19-10-20-16/h3-10H,2H2,1H3,(H,19,20,21). The van der Waals surface area contributed by atoms with E-state index in [0.717, 1.165) is 20.2 Å². The third-order valence-corrected chi connectivity index (χ3v) is 3.90. The van der Waals surface area contributed by atoms with Gasteiger partial charge in [-0.05, 0) is 65.9 Å². The van der Waals surface area contributed by atoms with Crippen molar-refractivity contribution in [3.63, 3.8) is 0 Å². The molecule has 5 nitrogen and oxygen atoms in total. The van der Waals surface area contributed by atoms with E-state index in [2.05, 4.69) is 37.9 Å². The van der Waals surface area contributed by atoms with Crippen LogP contribution in [0.3, 0.4) is 0 Å². The van der Waals surface area contributed by atoms with Crippen LogP contribution in [0.5, 0.6) is 0 Å². The highest BCUT2D eigenvalue weighted by Gasteiger charge is 2.09.